The summed E-state index contributed by atoms with van der Waals surface area (Å²) in [6.07, 6.45) is 8.49. The number of carbonyl (C=O) groups is 3. The van der Waals surface area contributed by atoms with Gasteiger partial charge in [-0.15, -0.1) is 0 Å². The van der Waals surface area contributed by atoms with Crippen molar-refractivity contribution in [3.8, 4) is 6.07 Å². The first-order chi connectivity index (χ1) is 16.9. The Morgan fingerprint density at radius 2 is 2.06 bits per heavy atom. The van der Waals surface area contributed by atoms with Crippen molar-refractivity contribution in [3.05, 3.63) is 35.0 Å². The minimum absolute atomic E-state index is 0.0663. The van der Waals surface area contributed by atoms with Crippen molar-refractivity contribution in [3.63, 3.8) is 0 Å². The molecule has 0 unspecified atom stereocenters. The molecule has 1 aromatic heterocycles. The van der Waals surface area contributed by atoms with E-state index in [0.717, 1.165) is 43.9 Å². The smallest absolute Gasteiger partial charge is 0.271 e. The number of carbonyl (C=O) groups excluding carboxylic acids is 3. The number of nitrogens with zero attached hydrogens (tertiary/aromatic N) is 2. The zero-order chi connectivity index (χ0) is 24.6. The van der Waals surface area contributed by atoms with Crippen molar-refractivity contribution in [1.29, 1.82) is 5.26 Å². The molecule has 2 N–H and O–H groups in total. The number of ketones is 1. The number of likely N-dealkylation sites (tertiary alicyclic amines) is 1. The van der Waals surface area contributed by atoms with Crippen LogP contribution in [0.15, 0.2) is 24.3 Å². The van der Waals surface area contributed by atoms with E-state index in [9.17, 15) is 19.6 Å². The average Bonchev–Trinajstić information content (AvgIpc) is 3.57. The lowest BCUT2D eigenvalue weighted by Gasteiger charge is -2.32. The summed E-state index contributed by atoms with van der Waals surface area (Å²) < 4.78 is 0. The summed E-state index contributed by atoms with van der Waals surface area (Å²) >= 11 is 6.31. The van der Waals surface area contributed by atoms with Gasteiger partial charge in [0.2, 0.25) is 5.91 Å². The molecule has 7 nitrogen and oxygen atoms in total. The number of aromatic nitrogens is 1. The lowest BCUT2D eigenvalue weighted by Crippen LogP contribution is -2.49. The molecule has 8 heteroatoms. The molecule has 35 heavy (non-hydrogen) atoms. The van der Waals surface area contributed by atoms with Crippen LogP contribution in [0.4, 0.5) is 0 Å². The van der Waals surface area contributed by atoms with Gasteiger partial charge in [-0.1, -0.05) is 43.0 Å². The second-order valence-corrected chi connectivity index (χ2v) is 11.0. The minimum atomic E-state index is -0.735. The Kier molecular flexibility index (Phi) is 6.59. The lowest BCUT2D eigenvalue weighted by molar-refractivity contribution is -0.126. The molecular weight excluding hydrogens is 464 g/mol. The summed E-state index contributed by atoms with van der Waals surface area (Å²) in [5, 5.41) is 14.0. The summed E-state index contributed by atoms with van der Waals surface area (Å²) in [7, 11) is 0. The second-order valence-electron chi connectivity index (χ2n) is 10.6. The van der Waals surface area contributed by atoms with Gasteiger partial charge in [0.05, 0.1) is 16.6 Å². The molecule has 2 amide bonds. The number of H-pyrrole nitrogens is 1. The van der Waals surface area contributed by atoms with Gasteiger partial charge in [-0.25, -0.2) is 0 Å². The van der Waals surface area contributed by atoms with Crippen LogP contribution in [0, 0.1) is 22.7 Å². The molecule has 0 bridgehead atoms. The largest absolute Gasteiger partial charge is 0.349 e. The van der Waals surface area contributed by atoms with Crippen molar-refractivity contribution in [2.24, 2.45) is 11.3 Å². The molecule has 2 aliphatic carbocycles. The van der Waals surface area contributed by atoms with Gasteiger partial charge < -0.3 is 15.2 Å². The Bertz CT molecular complexity index is 1190. The highest BCUT2D eigenvalue weighted by Gasteiger charge is 2.49. The molecule has 184 valence electrons. The monoisotopic (exact) mass is 494 g/mol. The number of hydrogen-bond acceptors (Lipinski definition) is 4. The number of Topliss-reactive ketones (excluding diaryl/α,β-unsaturated/α-hetero) is 1. The molecule has 1 aliphatic heterocycles. The molecule has 2 aromatic rings. The Hall–Kier alpha value is -2.85. The molecule has 1 aromatic carbocycles. The van der Waals surface area contributed by atoms with Crippen LogP contribution in [-0.4, -0.2) is 46.1 Å². The fourth-order valence-corrected chi connectivity index (χ4v) is 6.62. The number of halogens is 1. The van der Waals surface area contributed by atoms with Crippen LogP contribution >= 0.6 is 11.6 Å². The molecule has 3 atom stereocenters. The van der Waals surface area contributed by atoms with Crippen LogP contribution in [0.5, 0.6) is 0 Å². The first kappa shape index (κ1) is 23.9. The van der Waals surface area contributed by atoms with Crippen molar-refractivity contribution in [2.75, 3.05) is 6.54 Å². The topological polar surface area (TPSA) is 106 Å². The predicted octanol–water partition coefficient (Wildman–Crippen LogP) is 4.75. The number of rotatable bonds is 5. The zero-order valence-corrected chi connectivity index (χ0v) is 20.6. The highest BCUT2D eigenvalue weighted by atomic mass is 35.5. The van der Waals surface area contributed by atoms with Crippen LogP contribution < -0.4 is 5.32 Å². The molecule has 3 aliphatic rings. The van der Waals surface area contributed by atoms with Gasteiger partial charge >= 0.3 is 0 Å². The SMILES string of the molecule is N#C[C@H](C[C@@H]1CCCC1=O)NC(=O)[C@@H]1CC2(CCCCC2)CN1C(=O)c1cc2cccc(Cl)c2[nH]1. The molecule has 1 spiro atoms. The number of para-hydroxylation sites is 1. The number of nitriles is 1. The van der Waals surface area contributed by atoms with E-state index in [1.54, 1.807) is 17.0 Å². The van der Waals surface area contributed by atoms with Crippen LogP contribution in [0.2, 0.25) is 5.02 Å². The molecule has 3 fully saturated rings. The standard InChI is InChI=1S/C27H31ClN4O3/c28-20-8-4-7-18-13-21(31-24(18)20)26(35)32-16-27(10-2-1-3-11-27)14-22(32)25(34)30-19(15-29)12-17-6-5-9-23(17)33/h4,7-8,13,17,19,22,31H,1-3,5-6,9-12,14,16H2,(H,30,34)/t17-,19-,22-/m0/s1. The molecule has 5 rings (SSSR count). The van der Waals surface area contributed by atoms with Crippen molar-refractivity contribution < 1.29 is 14.4 Å². The molecular formula is C27H31ClN4O3. The number of hydrogen-bond donors (Lipinski definition) is 2. The van der Waals surface area contributed by atoms with E-state index < -0.39 is 12.1 Å². The van der Waals surface area contributed by atoms with E-state index in [1.165, 1.54) is 6.42 Å². The maximum absolute atomic E-state index is 13.7. The number of nitrogens with one attached hydrogen (secondary N) is 2. The number of aromatic amines is 1. The normalized spacial score (nSPS) is 24.6. The highest BCUT2D eigenvalue weighted by molar-refractivity contribution is 6.35. The Balaban J connectivity index is 1.38. The lowest BCUT2D eigenvalue weighted by atomic mass is 9.72. The zero-order valence-electron chi connectivity index (χ0n) is 19.8. The molecule has 0 radical (unpaired) electrons. The fraction of sp³-hybridized carbons (Fsp3) is 0.556. The van der Waals surface area contributed by atoms with Crippen LogP contribution in [0.3, 0.4) is 0 Å². The first-order valence-corrected chi connectivity index (χ1v) is 13.1. The van der Waals surface area contributed by atoms with Crippen LogP contribution in [-0.2, 0) is 9.59 Å². The van der Waals surface area contributed by atoms with Gasteiger partial charge in [-0.2, -0.15) is 5.26 Å². The number of amides is 2. The van der Waals surface area contributed by atoms with E-state index in [-0.39, 0.29) is 28.9 Å². The maximum Gasteiger partial charge on any atom is 0.271 e. The number of benzene rings is 1. The molecule has 1 saturated heterocycles. The van der Waals surface area contributed by atoms with Gasteiger partial charge in [0.15, 0.2) is 0 Å². The Morgan fingerprint density at radius 3 is 2.74 bits per heavy atom. The van der Waals surface area contributed by atoms with Crippen LogP contribution in [0.25, 0.3) is 10.9 Å². The van der Waals surface area contributed by atoms with Crippen molar-refractivity contribution in [2.45, 2.75) is 76.3 Å². The molecule has 2 saturated carbocycles. The van der Waals surface area contributed by atoms with E-state index in [4.69, 9.17) is 11.6 Å². The first-order valence-electron chi connectivity index (χ1n) is 12.7. The third-order valence-corrected chi connectivity index (χ3v) is 8.56. The van der Waals surface area contributed by atoms with Gasteiger partial charge in [-0.3, -0.25) is 14.4 Å². The van der Waals surface area contributed by atoms with E-state index >= 15 is 0 Å². The Morgan fingerprint density at radius 1 is 1.26 bits per heavy atom. The van der Waals surface area contributed by atoms with E-state index in [0.29, 0.717) is 42.0 Å². The second kappa shape index (κ2) is 9.66. The quantitative estimate of drug-likeness (QED) is 0.625. The Labute approximate surface area is 210 Å². The number of fused-ring (bicyclic) bond motifs is 1. The predicted molar refractivity (Wildman–Crippen MR) is 133 cm³/mol. The average molecular weight is 495 g/mol. The highest BCUT2D eigenvalue weighted by Crippen LogP contribution is 2.47. The van der Waals surface area contributed by atoms with Crippen molar-refractivity contribution >= 4 is 40.1 Å². The van der Waals surface area contributed by atoms with Crippen molar-refractivity contribution in [1.82, 2.24) is 15.2 Å². The van der Waals surface area contributed by atoms with Gasteiger partial charge in [-0.05, 0) is 56.1 Å². The summed E-state index contributed by atoms with van der Waals surface area (Å²) in [6, 6.07) is 8.09. The van der Waals surface area contributed by atoms with Gasteiger partial charge in [0.1, 0.15) is 23.6 Å². The fourth-order valence-electron chi connectivity index (χ4n) is 6.39. The minimum Gasteiger partial charge on any atom is -0.349 e. The summed E-state index contributed by atoms with van der Waals surface area (Å²) in [4.78, 5) is 44.1. The summed E-state index contributed by atoms with van der Waals surface area (Å²) in [5.41, 5.74) is 1.05. The molecule has 2 heterocycles. The van der Waals surface area contributed by atoms with Crippen LogP contribution in [0.1, 0.15) is 74.7 Å². The maximum atomic E-state index is 13.7. The third kappa shape index (κ3) is 4.69. The summed E-state index contributed by atoms with van der Waals surface area (Å²) in [6.45, 7) is 0.533. The van der Waals surface area contributed by atoms with Gasteiger partial charge in [0.25, 0.3) is 5.91 Å². The third-order valence-electron chi connectivity index (χ3n) is 8.25. The van der Waals surface area contributed by atoms with E-state index in [2.05, 4.69) is 16.4 Å². The summed E-state index contributed by atoms with van der Waals surface area (Å²) in [5.74, 6) is -0.510. The van der Waals surface area contributed by atoms with Gasteiger partial charge in [0, 0.05) is 24.3 Å². The van der Waals surface area contributed by atoms with E-state index in [1.807, 2.05) is 12.1 Å².